The topological polar surface area (TPSA) is 58.3 Å². The fourth-order valence-electron chi connectivity index (χ4n) is 1.16. The first kappa shape index (κ1) is 8.68. The SMILES string of the molecule is ONCc1noc2ccc(Br)cc12. The van der Waals surface area contributed by atoms with Crippen LogP contribution in [0.4, 0.5) is 0 Å². The second kappa shape index (κ2) is 3.45. The standard InChI is InChI=1S/C8H7BrN2O2/c9-5-1-2-8-6(3-5)7(4-10-12)11-13-8/h1-3,10,12H,4H2. The van der Waals surface area contributed by atoms with Crippen LogP contribution >= 0.6 is 15.9 Å². The molecule has 5 heteroatoms. The van der Waals surface area contributed by atoms with Gasteiger partial charge in [0.25, 0.3) is 0 Å². The zero-order valence-electron chi connectivity index (χ0n) is 6.62. The van der Waals surface area contributed by atoms with Crippen molar-refractivity contribution in [3.63, 3.8) is 0 Å². The molecule has 2 N–H and O–H groups in total. The molecule has 0 saturated heterocycles. The molecule has 13 heavy (non-hydrogen) atoms. The number of benzene rings is 1. The first-order chi connectivity index (χ1) is 6.31. The molecule has 0 amide bonds. The van der Waals surface area contributed by atoms with E-state index in [1.807, 2.05) is 23.7 Å². The van der Waals surface area contributed by atoms with Gasteiger partial charge in [0.05, 0.1) is 6.54 Å². The number of aromatic nitrogens is 1. The molecule has 1 aromatic heterocycles. The van der Waals surface area contributed by atoms with Gasteiger partial charge in [-0.2, -0.15) is 5.48 Å². The van der Waals surface area contributed by atoms with Crippen molar-refractivity contribution in [2.75, 3.05) is 0 Å². The third kappa shape index (κ3) is 1.58. The second-order valence-corrected chi connectivity index (χ2v) is 3.52. The van der Waals surface area contributed by atoms with Crippen molar-refractivity contribution >= 4 is 26.9 Å². The Morgan fingerprint density at radius 3 is 3.15 bits per heavy atom. The molecule has 0 fully saturated rings. The van der Waals surface area contributed by atoms with Crippen LogP contribution in [0, 0.1) is 0 Å². The quantitative estimate of drug-likeness (QED) is 0.792. The predicted octanol–water partition coefficient (Wildman–Crippen LogP) is 2.07. The maximum Gasteiger partial charge on any atom is 0.167 e. The second-order valence-electron chi connectivity index (χ2n) is 2.60. The van der Waals surface area contributed by atoms with Crippen molar-refractivity contribution in [2.45, 2.75) is 6.54 Å². The van der Waals surface area contributed by atoms with E-state index < -0.39 is 0 Å². The van der Waals surface area contributed by atoms with E-state index in [1.54, 1.807) is 0 Å². The predicted molar refractivity (Wildman–Crippen MR) is 50.3 cm³/mol. The number of nitrogens with zero attached hydrogens (tertiary/aromatic N) is 1. The van der Waals surface area contributed by atoms with Crippen molar-refractivity contribution in [3.05, 3.63) is 28.4 Å². The van der Waals surface area contributed by atoms with Gasteiger partial charge in [0, 0.05) is 9.86 Å². The lowest BCUT2D eigenvalue weighted by atomic mass is 10.2. The summed E-state index contributed by atoms with van der Waals surface area (Å²) in [6, 6.07) is 5.61. The van der Waals surface area contributed by atoms with Crippen LogP contribution in [0.1, 0.15) is 5.69 Å². The van der Waals surface area contributed by atoms with Crippen molar-refractivity contribution in [1.29, 1.82) is 0 Å². The smallest absolute Gasteiger partial charge is 0.167 e. The highest BCUT2D eigenvalue weighted by atomic mass is 79.9. The Kier molecular flexibility index (Phi) is 2.30. The number of rotatable bonds is 2. The summed E-state index contributed by atoms with van der Waals surface area (Å²) < 4.78 is 6.00. The Hall–Kier alpha value is -0.910. The largest absolute Gasteiger partial charge is 0.356 e. The van der Waals surface area contributed by atoms with Gasteiger partial charge in [0.2, 0.25) is 0 Å². The van der Waals surface area contributed by atoms with Crippen LogP contribution in [0.5, 0.6) is 0 Å². The summed E-state index contributed by atoms with van der Waals surface area (Å²) in [6.07, 6.45) is 0. The van der Waals surface area contributed by atoms with Gasteiger partial charge >= 0.3 is 0 Å². The highest BCUT2D eigenvalue weighted by Crippen LogP contribution is 2.22. The Balaban J connectivity index is 2.58. The van der Waals surface area contributed by atoms with E-state index in [2.05, 4.69) is 21.1 Å². The molecule has 0 saturated carbocycles. The maximum absolute atomic E-state index is 8.52. The molecule has 0 unspecified atom stereocenters. The molecule has 0 radical (unpaired) electrons. The van der Waals surface area contributed by atoms with Crippen LogP contribution in [-0.4, -0.2) is 10.4 Å². The van der Waals surface area contributed by atoms with Gasteiger partial charge in [-0.15, -0.1) is 0 Å². The molecule has 2 rings (SSSR count). The van der Waals surface area contributed by atoms with Gasteiger partial charge in [-0.3, -0.25) is 0 Å². The summed E-state index contributed by atoms with van der Waals surface area (Å²) in [7, 11) is 0. The van der Waals surface area contributed by atoms with E-state index in [0.717, 1.165) is 9.86 Å². The molecule has 0 bridgehead atoms. The van der Waals surface area contributed by atoms with Gasteiger partial charge in [0.15, 0.2) is 5.58 Å². The van der Waals surface area contributed by atoms with Gasteiger partial charge in [-0.25, -0.2) is 0 Å². The third-order valence-corrected chi connectivity index (χ3v) is 2.25. The monoisotopic (exact) mass is 242 g/mol. The summed E-state index contributed by atoms with van der Waals surface area (Å²) in [5, 5.41) is 13.2. The maximum atomic E-state index is 8.52. The number of hydrogen-bond acceptors (Lipinski definition) is 4. The average Bonchev–Trinajstić information content (AvgIpc) is 2.49. The molecular formula is C8H7BrN2O2. The van der Waals surface area contributed by atoms with Crippen molar-refractivity contribution in [3.8, 4) is 0 Å². The summed E-state index contributed by atoms with van der Waals surface area (Å²) in [4.78, 5) is 0. The molecule has 1 heterocycles. The molecule has 68 valence electrons. The summed E-state index contributed by atoms with van der Waals surface area (Å²) >= 11 is 3.35. The van der Waals surface area contributed by atoms with Gasteiger partial charge < -0.3 is 9.73 Å². The minimum Gasteiger partial charge on any atom is -0.356 e. The van der Waals surface area contributed by atoms with Gasteiger partial charge in [0.1, 0.15) is 5.69 Å². The van der Waals surface area contributed by atoms with Gasteiger partial charge in [-0.05, 0) is 18.2 Å². The van der Waals surface area contributed by atoms with Crippen LogP contribution < -0.4 is 5.48 Å². The summed E-state index contributed by atoms with van der Waals surface area (Å²) in [5.41, 5.74) is 3.45. The lowest BCUT2D eigenvalue weighted by Crippen LogP contribution is -2.06. The van der Waals surface area contributed by atoms with Crippen LogP contribution in [0.3, 0.4) is 0 Å². The zero-order chi connectivity index (χ0) is 9.26. The first-order valence-electron chi connectivity index (χ1n) is 3.72. The minimum absolute atomic E-state index is 0.281. The summed E-state index contributed by atoms with van der Waals surface area (Å²) in [6.45, 7) is 0.281. The zero-order valence-corrected chi connectivity index (χ0v) is 8.21. The molecule has 0 aliphatic rings. The molecule has 0 aliphatic carbocycles. The van der Waals surface area contributed by atoms with E-state index in [1.165, 1.54) is 0 Å². The Morgan fingerprint density at radius 1 is 1.54 bits per heavy atom. The fraction of sp³-hybridized carbons (Fsp3) is 0.125. The van der Waals surface area contributed by atoms with Crippen molar-refractivity contribution in [1.82, 2.24) is 10.6 Å². The highest BCUT2D eigenvalue weighted by Gasteiger charge is 2.06. The molecule has 1 aromatic carbocycles. The van der Waals surface area contributed by atoms with Crippen LogP contribution in [0.2, 0.25) is 0 Å². The first-order valence-corrected chi connectivity index (χ1v) is 4.51. The third-order valence-electron chi connectivity index (χ3n) is 1.75. The Labute approximate surface area is 82.6 Å². The summed E-state index contributed by atoms with van der Waals surface area (Å²) in [5.74, 6) is 0. The minimum atomic E-state index is 0.281. The highest BCUT2D eigenvalue weighted by molar-refractivity contribution is 9.10. The molecule has 4 nitrogen and oxygen atoms in total. The van der Waals surface area contributed by atoms with Crippen LogP contribution in [0.25, 0.3) is 11.0 Å². The van der Waals surface area contributed by atoms with E-state index in [-0.39, 0.29) is 6.54 Å². The average molecular weight is 243 g/mol. The molecule has 2 aromatic rings. The Bertz CT molecular complexity index is 427. The normalized spacial score (nSPS) is 10.9. The fourth-order valence-corrected chi connectivity index (χ4v) is 1.52. The molecule has 0 atom stereocenters. The number of halogens is 1. The lowest BCUT2D eigenvalue weighted by Gasteiger charge is -1.92. The molecular weight excluding hydrogens is 236 g/mol. The van der Waals surface area contributed by atoms with E-state index in [4.69, 9.17) is 9.73 Å². The lowest BCUT2D eigenvalue weighted by molar-refractivity contribution is 0.159. The number of fused-ring (bicyclic) bond motifs is 1. The number of hydrogen-bond donors (Lipinski definition) is 2. The van der Waals surface area contributed by atoms with E-state index >= 15 is 0 Å². The van der Waals surface area contributed by atoms with E-state index in [9.17, 15) is 0 Å². The van der Waals surface area contributed by atoms with Crippen molar-refractivity contribution < 1.29 is 9.73 Å². The molecule has 0 aliphatic heterocycles. The molecule has 0 spiro atoms. The van der Waals surface area contributed by atoms with Crippen LogP contribution in [0.15, 0.2) is 27.2 Å². The van der Waals surface area contributed by atoms with E-state index in [0.29, 0.717) is 11.3 Å². The number of nitrogens with one attached hydrogen (secondary N) is 1. The Morgan fingerprint density at radius 2 is 2.38 bits per heavy atom. The van der Waals surface area contributed by atoms with Crippen molar-refractivity contribution in [2.24, 2.45) is 0 Å². The van der Waals surface area contributed by atoms with Crippen LogP contribution in [-0.2, 0) is 6.54 Å². The number of hydroxylamine groups is 1. The van der Waals surface area contributed by atoms with Gasteiger partial charge in [-0.1, -0.05) is 21.1 Å².